The first-order valence-corrected chi connectivity index (χ1v) is 20.4. The smallest absolute Gasteiger partial charge is 0.232 e. The SMILES string of the molecule is CCCCCCCCCCCCCCCCCCNc1nc(N2CCSC(C)C2CC)nc(N2CCSC(C)C2CC)n1. The fourth-order valence-electron chi connectivity index (χ4n) is 6.90. The molecule has 3 rings (SSSR count). The summed E-state index contributed by atoms with van der Waals surface area (Å²) in [5, 5.41) is 4.80. The zero-order chi connectivity index (χ0) is 30.7. The molecular weight excluding hydrogens is 569 g/mol. The van der Waals surface area contributed by atoms with Crippen molar-refractivity contribution in [2.24, 2.45) is 0 Å². The summed E-state index contributed by atoms with van der Waals surface area (Å²) in [6.45, 7) is 14.6. The number of hydrogen-bond donors (Lipinski definition) is 1. The van der Waals surface area contributed by atoms with Gasteiger partial charge in [-0.3, -0.25) is 0 Å². The standard InChI is InChI=1S/C35H66N6S2/c1-6-9-10-11-12-13-14-15-16-17-18-19-20-21-22-23-24-36-33-37-34(40-25-27-42-29(4)31(40)7-2)39-35(38-33)41-26-28-43-30(5)32(41)8-3/h29-32H,6-28H2,1-5H3,(H,36,37,38,39). The van der Waals surface area contributed by atoms with Gasteiger partial charge in [-0.2, -0.15) is 38.5 Å². The first-order chi connectivity index (χ1) is 21.1. The van der Waals surface area contributed by atoms with Crippen molar-refractivity contribution in [3.8, 4) is 0 Å². The van der Waals surface area contributed by atoms with Gasteiger partial charge in [0.05, 0.1) is 0 Å². The van der Waals surface area contributed by atoms with E-state index in [9.17, 15) is 0 Å². The van der Waals surface area contributed by atoms with Gasteiger partial charge in [0, 0.05) is 53.7 Å². The number of unbranched alkanes of at least 4 members (excludes halogenated alkanes) is 15. The van der Waals surface area contributed by atoms with Crippen LogP contribution in [0.4, 0.5) is 17.8 Å². The Morgan fingerprint density at radius 2 is 0.977 bits per heavy atom. The molecule has 1 aromatic heterocycles. The zero-order valence-corrected chi connectivity index (χ0v) is 30.3. The van der Waals surface area contributed by atoms with Crippen molar-refractivity contribution < 1.29 is 0 Å². The Morgan fingerprint density at radius 1 is 0.581 bits per heavy atom. The van der Waals surface area contributed by atoms with E-state index in [2.05, 4.69) is 73.3 Å². The van der Waals surface area contributed by atoms with Gasteiger partial charge in [-0.15, -0.1) is 0 Å². The molecule has 248 valence electrons. The van der Waals surface area contributed by atoms with Crippen LogP contribution in [0.3, 0.4) is 0 Å². The lowest BCUT2D eigenvalue weighted by molar-refractivity contribution is 0.530. The number of rotatable bonds is 22. The molecule has 4 atom stereocenters. The van der Waals surface area contributed by atoms with Gasteiger partial charge in [0.2, 0.25) is 17.8 Å². The van der Waals surface area contributed by atoms with Crippen molar-refractivity contribution in [2.75, 3.05) is 46.3 Å². The monoisotopic (exact) mass is 634 g/mol. The molecule has 3 heterocycles. The number of nitrogens with zero attached hydrogens (tertiary/aromatic N) is 5. The number of hydrogen-bond acceptors (Lipinski definition) is 8. The van der Waals surface area contributed by atoms with Gasteiger partial charge >= 0.3 is 0 Å². The van der Waals surface area contributed by atoms with Crippen LogP contribution in [0.25, 0.3) is 0 Å². The highest BCUT2D eigenvalue weighted by molar-refractivity contribution is 8.00. The highest BCUT2D eigenvalue weighted by Gasteiger charge is 2.33. The van der Waals surface area contributed by atoms with E-state index in [4.69, 9.17) is 15.0 Å². The van der Waals surface area contributed by atoms with Gasteiger partial charge in [-0.25, -0.2) is 0 Å². The molecule has 6 nitrogen and oxygen atoms in total. The minimum atomic E-state index is 0.472. The summed E-state index contributed by atoms with van der Waals surface area (Å²) >= 11 is 4.16. The molecule has 0 saturated carbocycles. The number of thioether (sulfide) groups is 2. The molecular formula is C35H66N6S2. The molecule has 0 bridgehead atoms. The Bertz CT molecular complexity index is 811. The largest absolute Gasteiger partial charge is 0.354 e. The van der Waals surface area contributed by atoms with E-state index in [1.165, 1.54) is 103 Å². The molecule has 0 aliphatic carbocycles. The summed E-state index contributed by atoms with van der Waals surface area (Å²) < 4.78 is 0. The summed E-state index contributed by atoms with van der Waals surface area (Å²) in [6.07, 6.45) is 24.6. The number of anilines is 3. The first kappa shape index (κ1) is 36.6. The number of nitrogens with one attached hydrogen (secondary N) is 1. The van der Waals surface area contributed by atoms with Gasteiger partial charge in [-0.1, -0.05) is 131 Å². The van der Waals surface area contributed by atoms with Crippen LogP contribution >= 0.6 is 23.5 Å². The fourth-order valence-corrected chi connectivity index (χ4v) is 9.37. The van der Waals surface area contributed by atoms with Gasteiger partial charge in [-0.05, 0) is 19.3 Å². The third kappa shape index (κ3) is 12.8. The lowest BCUT2D eigenvalue weighted by Gasteiger charge is -2.41. The first-order valence-electron chi connectivity index (χ1n) is 18.3. The minimum Gasteiger partial charge on any atom is -0.354 e. The molecule has 1 N–H and O–H groups in total. The zero-order valence-electron chi connectivity index (χ0n) is 28.6. The van der Waals surface area contributed by atoms with Crippen LogP contribution in [0.1, 0.15) is 150 Å². The Labute approximate surface area is 274 Å². The lowest BCUT2D eigenvalue weighted by Crippen LogP contribution is -2.49. The van der Waals surface area contributed by atoms with E-state index in [1.54, 1.807) is 0 Å². The second-order valence-electron chi connectivity index (χ2n) is 13.0. The Morgan fingerprint density at radius 3 is 1.37 bits per heavy atom. The van der Waals surface area contributed by atoms with E-state index >= 15 is 0 Å². The Hall–Kier alpha value is -0.890. The molecule has 1 aromatic rings. The van der Waals surface area contributed by atoms with Gasteiger partial charge in [0.25, 0.3) is 0 Å². The highest BCUT2D eigenvalue weighted by Crippen LogP contribution is 2.33. The Balaban J connectivity index is 1.40. The third-order valence-corrected chi connectivity index (χ3v) is 12.1. The molecule has 2 fully saturated rings. The van der Waals surface area contributed by atoms with Crippen LogP contribution in [0.15, 0.2) is 0 Å². The molecule has 0 radical (unpaired) electrons. The van der Waals surface area contributed by atoms with E-state index in [0.717, 1.165) is 61.8 Å². The second-order valence-corrected chi connectivity index (χ2v) is 15.9. The summed E-state index contributed by atoms with van der Waals surface area (Å²) in [6, 6.07) is 0.944. The molecule has 0 aromatic carbocycles. The third-order valence-electron chi connectivity index (χ3n) is 9.59. The number of aromatic nitrogens is 3. The van der Waals surface area contributed by atoms with E-state index in [-0.39, 0.29) is 0 Å². The van der Waals surface area contributed by atoms with Crippen molar-refractivity contribution >= 4 is 41.4 Å². The van der Waals surface area contributed by atoms with Crippen LogP contribution < -0.4 is 15.1 Å². The molecule has 0 amide bonds. The van der Waals surface area contributed by atoms with Crippen LogP contribution in [0.2, 0.25) is 0 Å². The topological polar surface area (TPSA) is 57.2 Å². The van der Waals surface area contributed by atoms with Crippen LogP contribution in [-0.2, 0) is 0 Å². The Kier molecular flexibility index (Phi) is 18.5. The molecule has 43 heavy (non-hydrogen) atoms. The fraction of sp³-hybridized carbons (Fsp3) is 0.914. The van der Waals surface area contributed by atoms with Crippen LogP contribution in [0.5, 0.6) is 0 Å². The van der Waals surface area contributed by atoms with Crippen LogP contribution in [0, 0.1) is 0 Å². The van der Waals surface area contributed by atoms with Crippen molar-refractivity contribution in [3.63, 3.8) is 0 Å². The predicted molar refractivity (Wildman–Crippen MR) is 195 cm³/mol. The van der Waals surface area contributed by atoms with E-state index in [0.29, 0.717) is 22.6 Å². The van der Waals surface area contributed by atoms with Crippen molar-refractivity contribution in [3.05, 3.63) is 0 Å². The summed E-state index contributed by atoms with van der Waals surface area (Å²) in [5.41, 5.74) is 0. The average Bonchev–Trinajstić information content (AvgIpc) is 3.02. The van der Waals surface area contributed by atoms with Crippen molar-refractivity contribution in [2.45, 2.75) is 173 Å². The molecule has 2 aliphatic rings. The summed E-state index contributed by atoms with van der Waals surface area (Å²) in [4.78, 5) is 20.1. The van der Waals surface area contributed by atoms with Gasteiger partial charge < -0.3 is 15.1 Å². The second kappa shape index (κ2) is 21.8. The maximum absolute atomic E-state index is 5.14. The summed E-state index contributed by atoms with van der Waals surface area (Å²) in [7, 11) is 0. The lowest BCUT2D eigenvalue weighted by atomic mass is 10.0. The maximum atomic E-state index is 5.14. The van der Waals surface area contributed by atoms with Gasteiger partial charge in [0.1, 0.15) is 0 Å². The minimum absolute atomic E-state index is 0.472. The van der Waals surface area contributed by atoms with E-state index in [1.807, 2.05) is 0 Å². The average molecular weight is 635 g/mol. The quantitative estimate of drug-likeness (QED) is 0.127. The van der Waals surface area contributed by atoms with Crippen molar-refractivity contribution in [1.82, 2.24) is 15.0 Å². The predicted octanol–water partition coefficient (Wildman–Crippen LogP) is 9.99. The van der Waals surface area contributed by atoms with Gasteiger partial charge in [0.15, 0.2) is 0 Å². The molecule has 4 unspecified atom stereocenters. The normalized spacial score (nSPS) is 22.7. The van der Waals surface area contributed by atoms with E-state index < -0.39 is 0 Å². The summed E-state index contributed by atoms with van der Waals surface area (Å²) in [5.74, 6) is 4.78. The molecule has 0 spiro atoms. The highest BCUT2D eigenvalue weighted by atomic mass is 32.2. The molecule has 2 aliphatic heterocycles. The van der Waals surface area contributed by atoms with Crippen molar-refractivity contribution in [1.29, 1.82) is 0 Å². The molecule has 8 heteroatoms. The molecule has 2 saturated heterocycles. The maximum Gasteiger partial charge on any atom is 0.232 e. The van der Waals surface area contributed by atoms with Crippen LogP contribution in [-0.4, -0.2) is 68.7 Å².